The Hall–Kier alpha value is -1.99. The summed E-state index contributed by atoms with van der Waals surface area (Å²) in [5, 5.41) is 18.5. The number of aromatic nitrogens is 4. The van der Waals surface area contributed by atoms with E-state index in [4.69, 9.17) is 0 Å². The predicted molar refractivity (Wildman–Crippen MR) is 47.1 cm³/mol. The van der Waals surface area contributed by atoms with Crippen molar-refractivity contribution in [2.75, 3.05) is 0 Å². The van der Waals surface area contributed by atoms with E-state index in [1.54, 1.807) is 6.92 Å². The summed E-state index contributed by atoms with van der Waals surface area (Å²) in [5.41, 5.74) is -0.558. The molecule has 2 aromatic heterocycles. The molecule has 16 heavy (non-hydrogen) atoms. The van der Waals surface area contributed by atoms with E-state index in [-0.39, 0.29) is 11.6 Å². The number of nitrogens with one attached hydrogen (secondary N) is 1. The van der Waals surface area contributed by atoms with Crippen LogP contribution in [0.5, 0.6) is 5.88 Å². The quantitative estimate of drug-likeness (QED) is 0.785. The summed E-state index contributed by atoms with van der Waals surface area (Å²) >= 11 is 0. The van der Waals surface area contributed by atoms with Gasteiger partial charge in [-0.25, -0.2) is 9.78 Å². The molecule has 0 saturated carbocycles. The molecule has 2 aromatic rings. The van der Waals surface area contributed by atoms with Crippen LogP contribution in [0, 0.1) is 6.92 Å². The van der Waals surface area contributed by atoms with E-state index in [9.17, 15) is 18.3 Å². The van der Waals surface area contributed by atoms with E-state index >= 15 is 0 Å². The van der Waals surface area contributed by atoms with Crippen LogP contribution in [-0.2, 0) is 6.18 Å². The largest absolute Gasteiger partial charge is 0.492 e. The highest BCUT2D eigenvalue weighted by Crippen LogP contribution is 2.29. The standard InChI is InChI=1S/C8H7F3N4O/c1-4-6(7(16)13-12-4)15-3-2-5(14-15)8(9,10)11/h2-3H,1H3,(H2,12,13,16). The molecule has 0 fully saturated rings. The minimum absolute atomic E-state index is 0.107. The van der Waals surface area contributed by atoms with Gasteiger partial charge in [0.15, 0.2) is 5.69 Å². The van der Waals surface area contributed by atoms with Crippen molar-refractivity contribution in [3.05, 3.63) is 23.7 Å². The average Bonchev–Trinajstić information content (AvgIpc) is 2.72. The highest BCUT2D eigenvalue weighted by atomic mass is 19.4. The fourth-order valence-electron chi connectivity index (χ4n) is 1.29. The van der Waals surface area contributed by atoms with Crippen LogP contribution in [0.15, 0.2) is 12.3 Å². The average molecular weight is 232 g/mol. The molecule has 0 amide bonds. The highest BCUT2D eigenvalue weighted by Gasteiger charge is 2.34. The van der Waals surface area contributed by atoms with Gasteiger partial charge in [-0.2, -0.15) is 23.4 Å². The summed E-state index contributed by atoms with van der Waals surface area (Å²) in [6.07, 6.45) is -3.39. The summed E-state index contributed by atoms with van der Waals surface area (Å²) in [7, 11) is 0. The molecule has 8 heteroatoms. The Morgan fingerprint density at radius 1 is 1.44 bits per heavy atom. The fourth-order valence-corrected chi connectivity index (χ4v) is 1.29. The van der Waals surface area contributed by atoms with Crippen LogP contribution in [0.4, 0.5) is 13.2 Å². The normalized spacial score (nSPS) is 12.0. The lowest BCUT2D eigenvalue weighted by Gasteiger charge is -2.01. The lowest BCUT2D eigenvalue weighted by atomic mass is 10.4. The van der Waals surface area contributed by atoms with Gasteiger partial charge in [0.05, 0.1) is 5.69 Å². The van der Waals surface area contributed by atoms with E-state index < -0.39 is 11.9 Å². The number of halogens is 3. The van der Waals surface area contributed by atoms with Gasteiger partial charge in [-0.3, -0.25) is 0 Å². The van der Waals surface area contributed by atoms with Crippen molar-refractivity contribution in [3.63, 3.8) is 0 Å². The van der Waals surface area contributed by atoms with Crippen molar-refractivity contribution in [2.45, 2.75) is 13.1 Å². The Balaban J connectivity index is 2.47. The molecule has 2 rings (SSSR count). The van der Waals surface area contributed by atoms with Gasteiger partial charge in [-0.1, -0.05) is 0 Å². The van der Waals surface area contributed by atoms with Crippen LogP contribution in [0.3, 0.4) is 0 Å². The molecule has 0 bridgehead atoms. The molecular formula is C8H7F3N4O. The molecule has 0 radical (unpaired) electrons. The molecule has 0 unspecified atom stereocenters. The van der Waals surface area contributed by atoms with Crippen molar-refractivity contribution >= 4 is 0 Å². The lowest BCUT2D eigenvalue weighted by Crippen LogP contribution is -2.07. The van der Waals surface area contributed by atoms with Crippen LogP contribution in [-0.4, -0.2) is 25.1 Å². The van der Waals surface area contributed by atoms with Crippen molar-refractivity contribution in [1.82, 2.24) is 20.0 Å². The van der Waals surface area contributed by atoms with Crippen LogP contribution < -0.4 is 0 Å². The SMILES string of the molecule is Cc1n[nH]c(O)c1-n1ccc(C(F)(F)F)n1. The third-order valence-corrected chi connectivity index (χ3v) is 2.01. The fraction of sp³-hybridized carbons (Fsp3) is 0.250. The molecule has 0 aromatic carbocycles. The Morgan fingerprint density at radius 3 is 2.56 bits per heavy atom. The zero-order valence-electron chi connectivity index (χ0n) is 8.08. The molecule has 0 saturated heterocycles. The number of aromatic hydroxyl groups is 1. The van der Waals surface area contributed by atoms with E-state index in [0.29, 0.717) is 5.69 Å². The molecule has 5 nitrogen and oxygen atoms in total. The first kappa shape index (κ1) is 10.5. The monoisotopic (exact) mass is 232 g/mol. The zero-order valence-corrected chi connectivity index (χ0v) is 8.08. The second kappa shape index (κ2) is 3.26. The van der Waals surface area contributed by atoms with Crippen LogP contribution in [0.1, 0.15) is 11.4 Å². The molecule has 0 atom stereocenters. The van der Waals surface area contributed by atoms with Crippen LogP contribution in [0.2, 0.25) is 0 Å². The second-order valence-electron chi connectivity index (χ2n) is 3.15. The van der Waals surface area contributed by atoms with Crippen molar-refractivity contribution in [3.8, 4) is 11.6 Å². The molecule has 0 aliphatic carbocycles. The van der Waals surface area contributed by atoms with Gasteiger partial charge in [-0.15, -0.1) is 0 Å². The number of rotatable bonds is 1. The molecular weight excluding hydrogens is 225 g/mol. The third kappa shape index (κ3) is 1.62. The van der Waals surface area contributed by atoms with E-state index in [2.05, 4.69) is 15.3 Å². The van der Waals surface area contributed by atoms with Gasteiger partial charge in [0.1, 0.15) is 5.69 Å². The van der Waals surface area contributed by atoms with Crippen LogP contribution in [0.25, 0.3) is 5.69 Å². The molecule has 0 aliphatic rings. The van der Waals surface area contributed by atoms with Crippen LogP contribution >= 0.6 is 0 Å². The Bertz CT molecular complexity index is 494. The van der Waals surface area contributed by atoms with Gasteiger partial charge in [0.25, 0.3) is 0 Å². The summed E-state index contributed by atoms with van der Waals surface area (Å²) in [5.74, 6) is -0.325. The maximum absolute atomic E-state index is 12.3. The van der Waals surface area contributed by atoms with Crippen molar-refractivity contribution in [1.29, 1.82) is 0 Å². The number of alkyl halides is 3. The number of nitrogens with zero attached hydrogens (tertiary/aromatic N) is 3. The van der Waals surface area contributed by atoms with E-state index in [1.165, 1.54) is 0 Å². The molecule has 2 N–H and O–H groups in total. The first-order chi connectivity index (χ1) is 7.39. The number of H-pyrrole nitrogens is 1. The molecule has 0 aliphatic heterocycles. The van der Waals surface area contributed by atoms with Gasteiger partial charge >= 0.3 is 6.18 Å². The van der Waals surface area contributed by atoms with Crippen molar-refractivity contribution < 1.29 is 18.3 Å². The summed E-state index contributed by atoms with van der Waals surface area (Å²) < 4.78 is 37.8. The van der Waals surface area contributed by atoms with Gasteiger partial charge in [0, 0.05) is 6.20 Å². The number of aryl methyl sites for hydroxylation is 1. The number of hydrogen-bond donors (Lipinski definition) is 2. The second-order valence-corrected chi connectivity index (χ2v) is 3.15. The molecule has 2 heterocycles. The summed E-state index contributed by atoms with van der Waals surface area (Å²) in [4.78, 5) is 0. The van der Waals surface area contributed by atoms with Crippen molar-refractivity contribution in [2.24, 2.45) is 0 Å². The Labute approximate surface area is 87.5 Å². The minimum atomic E-state index is -4.50. The first-order valence-corrected chi connectivity index (χ1v) is 4.27. The Kier molecular flexibility index (Phi) is 2.14. The third-order valence-electron chi connectivity index (χ3n) is 2.01. The minimum Gasteiger partial charge on any atom is -0.492 e. The van der Waals surface area contributed by atoms with E-state index in [0.717, 1.165) is 16.9 Å². The zero-order chi connectivity index (χ0) is 11.9. The topological polar surface area (TPSA) is 66.7 Å². The first-order valence-electron chi connectivity index (χ1n) is 4.27. The predicted octanol–water partition coefficient (Wildman–Crippen LogP) is 1.63. The smallest absolute Gasteiger partial charge is 0.435 e. The van der Waals surface area contributed by atoms with E-state index in [1.807, 2.05) is 0 Å². The number of hydrogen-bond acceptors (Lipinski definition) is 3. The van der Waals surface area contributed by atoms with Gasteiger partial charge in [0.2, 0.25) is 5.88 Å². The molecule has 0 spiro atoms. The number of aromatic amines is 1. The maximum atomic E-state index is 12.3. The molecule has 86 valence electrons. The highest BCUT2D eigenvalue weighted by molar-refractivity contribution is 5.43. The summed E-state index contributed by atoms with van der Waals surface area (Å²) in [6.45, 7) is 1.54. The summed E-state index contributed by atoms with van der Waals surface area (Å²) in [6, 6.07) is 0.825. The Morgan fingerprint density at radius 2 is 2.12 bits per heavy atom. The maximum Gasteiger partial charge on any atom is 0.435 e. The lowest BCUT2D eigenvalue weighted by molar-refractivity contribution is -0.141. The van der Waals surface area contributed by atoms with Gasteiger partial charge < -0.3 is 5.11 Å². The van der Waals surface area contributed by atoms with Gasteiger partial charge in [-0.05, 0) is 13.0 Å².